The minimum Gasteiger partial charge on any atom is -0.399 e. The van der Waals surface area contributed by atoms with Crippen LogP contribution in [0.15, 0.2) is 49.4 Å². The number of hydrazine groups is 1. The van der Waals surface area contributed by atoms with Crippen LogP contribution in [0.2, 0.25) is 0 Å². The van der Waals surface area contributed by atoms with E-state index in [2.05, 4.69) is 65.5 Å². The van der Waals surface area contributed by atoms with Gasteiger partial charge < -0.3 is 30.1 Å². The Kier molecular flexibility index (Phi) is 36.3. The molecule has 0 saturated carbocycles. The van der Waals surface area contributed by atoms with Gasteiger partial charge >= 0.3 is 0 Å². The van der Waals surface area contributed by atoms with E-state index in [0.29, 0.717) is 38.0 Å². The van der Waals surface area contributed by atoms with Gasteiger partial charge in [-0.25, -0.2) is 5.84 Å². The van der Waals surface area contributed by atoms with E-state index in [9.17, 15) is 0 Å². The Hall–Kier alpha value is -0.810. The summed E-state index contributed by atoms with van der Waals surface area (Å²) in [6.45, 7) is 17.7. The SMILES string of the molecule is C=CCO.C=CCOCC(C)(S)CN(N)/C=C(\N)COC.CC=CC(C)CBr.CCOC. The van der Waals surface area contributed by atoms with E-state index in [0.717, 1.165) is 11.9 Å². The van der Waals surface area contributed by atoms with Crippen molar-refractivity contribution in [3.05, 3.63) is 49.4 Å². The average molecular weight is 543 g/mol. The smallest absolute Gasteiger partial charge is 0.0871 e. The maximum Gasteiger partial charge on any atom is 0.0871 e. The third-order valence-corrected chi connectivity index (χ3v) is 4.29. The number of thiol groups is 1. The van der Waals surface area contributed by atoms with Crippen molar-refractivity contribution in [2.75, 3.05) is 59.1 Å². The van der Waals surface area contributed by atoms with Crippen LogP contribution in [0.25, 0.3) is 0 Å². The molecule has 2 unspecified atom stereocenters. The number of rotatable bonds is 13. The quantitative estimate of drug-likeness (QED) is 0.0699. The fourth-order valence-electron chi connectivity index (χ4n) is 1.64. The molecule has 0 amide bonds. The van der Waals surface area contributed by atoms with Gasteiger partial charge in [0.15, 0.2) is 0 Å². The number of allylic oxidation sites excluding steroid dienone is 2. The number of hydrogen-bond donors (Lipinski definition) is 4. The van der Waals surface area contributed by atoms with E-state index in [-0.39, 0.29) is 11.4 Å². The molecule has 0 heterocycles. The summed E-state index contributed by atoms with van der Waals surface area (Å²) in [6.07, 6.45) is 9.01. The van der Waals surface area contributed by atoms with Crippen molar-refractivity contribution in [2.24, 2.45) is 17.5 Å². The molecule has 32 heavy (non-hydrogen) atoms. The number of hydrogen-bond acceptors (Lipinski definition) is 8. The summed E-state index contributed by atoms with van der Waals surface area (Å²) in [7, 11) is 3.26. The molecule has 0 rings (SSSR count). The van der Waals surface area contributed by atoms with Crippen molar-refractivity contribution >= 4 is 28.6 Å². The molecule has 0 aromatic carbocycles. The second-order valence-corrected chi connectivity index (χ2v) is 8.54. The van der Waals surface area contributed by atoms with E-state index in [4.69, 9.17) is 26.2 Å². The lowest BCUT2D eigenvalue weighted by Crippen LogP contribution is -2.41. The van der Waals surface area contributed by atoms with Crippen molar-refractivity contribution in [1.29, 1.82) is 0 Å². The summed E-state index contributed by atoms with van der Waals surface area (Å²) in [5.74, 6) is 6.48. The molecule has 0 fully saturated rings. The van der Waals surface area contributed by atoms with Gasteiger partial charge in [0.1, 0.15) is 0 Å². The van der Waals surface area contributed by atoms with Crippen LogP contribution in [-0.4, -0.2) is 74.0 Å². The summed E-state index contributed by atoms with van der Waals surface area (Å²) < 4.78 is 14.4. The Balaban J connectivity index is -0.000000213. The van der Waals surface area contributed by atoms with E-state index in [1.807, 2.05) is 20.8 Å². The lowest BCUT2D eigenvalue weighted by atomic mass is 10.2. The molecule has 7 nitrogen and oxygen atoms in total. The molecule has 5 N–H and O–H groups in total. The van der Waals surface area contributed by atoms with Gasteiger partial charge in [0.2, 0.25) is 0 Å². The monoisotopic (exact) mass is 541 g/mol. The Morgan fingerprint density at radius 2 is 1.81 bits per heavy atom. The van der Waals surface area contributed by atoms with Crippen LogP contribution < -0.4 is 11.6 Å². The van der Waals surface area contributed by atoms with E-state index in [1.165, 1.54) is 11.1 Å². The van der Waals surface area contributed by atoms with E-state index in [1.54, 1.807) is 26.5 Å². The molecule has 0 saturated heterocycles. The number of methoxy groups -OCH3 is 2. The molecule has 0 aliphatic rings. The molecule has 0 aliphatic heterocycles. The largest absolute Gasteiger partial charge is 0.399 e. The van der Waals surface area contributed by atoms with Crippen molar-refractivity contribution in [2.45, 2.75) is 32.4 Å². The fourth-order valence-corrected chi connectivity index (χ4v) is 2.11. The van der Waals surface area contributed by atoms with E-state index < -0.39 is 0 Å². The third kappa shape index (κ3) is 39.6. The molecule has 0 aromatic heterocycles. The molecule has 0 aliphatic carbocycles. The van der Waals surface area contributed by atoms with Crippen molar-refractivity contribution in [3.8, 4) is 0 Å². The highest BCUT2D eigenvalue weighted by Crippen LogP contribution is 2.15. The van der Waals surface area contributed by atoms with Gasteiger partial charge in [-0.15, -0.1) is 13.2 Å². The van der Waals surface area contributed by atoms with Gasteiger partial charge in [-0.05, 0) is 26.7 Å². The summed E-state index contributed by atoms with van der Waals surface area (Å²) >= 11 is 7.86. The Bertz CT molecular complexity index is 463. The first kappa shape index (κ1) is 38.5. The molecule has 0 spiro atoms. The normalized spacial score (nSPS) is 13.2. The number of nitrogens with zero attached hydrogens (tertiary/aromatic N) is 1. The summed E-state index contributed by atoms with van der Waals surface area (Å²) in [5.41, 5.74) is 6.23. The molecular weight excluding hydrogens is 494 g/mol. The maximum atomic E-state index is 7.76. The number of aliphatic hydroxyl groups is 1. The highest BCUT2D eigenvalue weighted by atomic mass is 79.9. The minimum atomic E-state index is -0.360. The van der Waals surface area contributed by atoms with Crippen molar-refractivity contribution in [3.63, 3.8) is 0 Å². The molecule has 0 bridgehead atoms. The molecule has 0 aromatic rings. The van der Waals surface area contributed by atoms with E-state index >= 15 is 0 Å². The average Bonchev–Trinajstić information content (AvgIpc) is 2.74. The highest BCUT2D eigenvalue weighted by Gasteiger charge is 2.21. The number of ether oxygens (including phenoxy) is 3. The zero-order chi connectivity index (χ0) is 25.8. The topological polar surface area (TPSA) is 103 Å². The van der Waals surface area contributed by atoms with Crippen LogP contribution in [-0.2, 0) is 14.2 Å². The van der Waals surface area contributed by atoms with Gasteiger partial charge in [-0.1, -0.05) is 47.2 Å². The zero-order valence-corrected chi connectivity index (χ0v) is 23.4. The first-order valence-corrected chi connectivity index (χ1v) is 11.9. The van der Waals surface area contributed by atoms with Crippen LogP contribution in [0, 0.1) is 5.92 Å². The lowest BCUT2D eigenvalue weighted by molar-refractivity contribution is 0.130. The van der Waals surface area contributed by atoms with Crippen LogP contribution in [0.5, 0.6) is 0 Å². The molecule has 0 radical (unpaired) electrons. The summed E-state index contributed by atoms with van der Waals surface area (Å²) in [5, 5.41) is 10.3. The molecule has 2 atom stereocenters. The minimum absolute atomic E-state index is 0.0833. The van der Waals surface area contributed by atoms with Crippen LogP contribution >= 0.6 is 28.6 Å². The first-order chi connectivity index (χ1) is 15.0. The predicted molar refractivity (Wildman–Crippen MR) is 146 cm³/mol. The number of alkyl halides is 1. The second-order valence-electron chi connectivity index (χ2n) is 6.82. The fraction of sp³-hybridized carbons (Fsp3) is 0.652. The molecular formula is C23H48BrN3O4S. The maximum absolute atomic E-state index is 7.76. The van der Waals surface area contributed by atoms with Gasteiger partial charge in [0.25, 0.3) is 0 Å². The van der Waals surface area contributed by atoms with Crippen molar-refractivity contribution in [1.82, 2.24) is 5.01 Å². The van der Waals surface area contributed by atoms with Gasteiger partial charge in [0, 0.05) is 32.4 Å². The Labute approximate surface area is 211 Å². The summed E-state index contributed by atoms with van der Waals surface area (Å²) in [6, 6.07) is 0. The summed E-state index contributed by atoms with van der Waals surface area (Å²) in [4.78, 5) is 0. The Morgan fingerprint density at radius 3 is 2.12 bits per heavy atom. The Morgan fingerprint density at radius 1 is 1.28 bits per heavy atom. The van der Waals surface area contributed by atoms with Crippen LogP contribution in [0.1, 0.15) is 27.7 Å². The zero-order valence-electron chi connectivity index (χ0n) is 20.9. The van der Waals surface area contributed by atoms with Gasteiger partial charge in [-0.2, -0.15) is 12.6 Å². The van der Waals surface area contributed by atoms with Crippen LogP contribution in [0.3, 0.4) is 0 Å². The number of aliphatic hydroxyl groups excluding tert-OH is 1. The first-order valence-electron chi connectivity index (χ1n) is 10.3. The number of halogens is 1. The molecule has 9 heteroatoms. The number of nitrogens with two attached hydrogens (primary N) is 2. The van der Waals surface area contributed by atoms with Gasteiger partial charge in [0.05, 0.1) is 43.4 Å². The lowest BCUT2D eigenvalue weighted by Gasteiger charge is -2.28. The predicted octanol–water partition coefficient (Wildman–Crippen LogP) is 3.91. The molecule has 192 valence electrons. The van der Waals surface area contributed by atoms with Crippen LogP contribution in [0.4, 0.5) is 0 Å². The standard InChI is InChI=1S/C11H23N3O2S.C6H11Br.C3H8O.C3H6O/c1-4-5-16-9-11(2,17)8-14(13)6-10(12)7-15-3;1-3-4-6(2)5-7;1-3-4-2;1-2-3-4/h4,6,17H,1,5,7-9,12-13H2,2-3H3;3-4,6H,5H2,1-2H3;3H2,1-2H3;2,4H,1,3H2/b10-6-;;;. The second kappa shape index (κ2) is 30.2. The van der Waals surface area contributed by atoms with Gasteiger partial charge in [-0.3, -0.25) is 0 Å². The third-order valence-electron chi connectivity index (χ3n) is 3.00. The van der Waals surface area contributed by atoms with Crippen molar-refractivity contribution < 1.29 is 19.3 Å². The highest BCUT2D eigenvalue weighted by molar-refractivity contribution is 9.09.